The van der Waals surface area contributed by atoms with Gasteiger partial charge in [0.25, 0.3) is 0 Å². The molecule has 0 radical (unpaired) electrons. The molecule has 0 spiro atoms. The highest BCUT2D eigenvalue weighted by Crippen LogP contribution is 2.25. The molecule has 3 atom stereocenters. The van der Waals surface area contributed by atoms with E-state index in [-0.39, 0.29) is 36.2 Å². The first-order chi connectivity index (χ1) is 16.7. The van der Waals surface area contributed by atoms with E-state index in [9.17, 15) is 9.59 Å². The van der Waals surface area contributed by atoms with Gasteiger partial charge in [-0.1, -0.05) is 0 Å². The van der Waals surface area contributed by atoms with Gasteiger partial charge in [-0.2, -0.15) is 0 Å². The Morgan fingerprint density at radius 3 is 2.47 bits per heavy atom. The van der Waals surface area contributed by atoms with Crippen LogP contribution in [0.15, 0.2) is 18.5 Å². The number of urea groups is 1. The molecule has 0 saturated carbocycles. The highest BCUT2D eigenvalue weighted by atomic mass is 16.5. The van der Waals surface area contributed by atoms with Crippen molar-refractivity contribution in [2.24, 2.45) is 0 Å². The second-order valence-corrected chi connectivity index (χ2v) is 9.71. The molecule has 0 aliphatic carbocycles. The van der Waals surface area contributed by atoms with Crippen molar-refractivity contribution in [2.45, 2.75) is 69.2 Å². The molecule has 1 unspecified atom stereocenters. The number of aromatic nitrogens is 2. The summed E-state index contributed by atoms with van der Waals surface area (Å²) >= 11 is 0. The Labute approximate surface area is 201 Å². The lowest BCUT2D eigenvalue weighted by Gasteiger charge is -2.45. The topological polar surface area (TPSA) is 100 Å². The zero-order valence-electron chi connectivity index (χ0n) is 19.8. The molecule has 4 saturated heterocycles. The molecule has 1 aromatic heterocycles. The number of piperidine rings is 2. The second-order valence-electron chi connectivity index (χ2n) is 9.71. The largest absolute Gasteiger partial charge is 0.376 e. The van der Waals surface area contributed by atoms with Gasteiger partial charge in [-0.15, -0.1) is 0 Å². The molecule has 0 aromatic carbocycles. The normalized spacial score (nSPS) is 28.0. The van der Waals surface area contributed by atoms with E-state index in [2.05, 4.69) is 20.2 Å². The molecule has 10 nitrogen and oxygen atoms in total. The number of carbonyl (C=O) groups is 2. The number of rotatable bonds is 6. The van der Waals surface area contributed by atoms with Gasteiger partial charge >= 0.3 is 6.03 Å². The highest BCUT2D eigenvalue weighted by molar-refractivity contribution is 5.81. The first-order valence-corrected chi connectivity index (χ1v) is 12.8. The summed E-state index contributed by atoms with van der Waals surface area (Å²) in [6, 6.07) is 1.62. The molecule has 1 aromatic rings. The third kappa shape index (κ3) is 5.27. The molecule has 10 heteroatoms. The zero-order chi connectivity index (χ0) is 23.3. The van der Waals surface area contributed by atoms with Crippen LogP contribution >= 0.6 is 0 Å². The predicted molar refractivity (Wildman–Crippen MR) is 125 cm³/mol. The molecule has 34 heavy (non-hydrogen) atoms. The van der Waals surface area contributed by atoms with E-state index in [4.69, 9.17) is 9.47 Å². The number of amides is 3. The number of ether oxygens (including phenoxy) is 2. The number of nitrogens with one attached hydrogen (secondary N) is 1. The van der Waals surface area contributed by atoms with Gasteiger partial charge in [0.05, 0.1) is 24.8 Å². The molecule has 5 heterocycles. The van der Waals surface area contributed by atoms with Crippen molar-refractivity contribution >= 4 is 17.9 Å². The van der Waals surface area contributed by atoms with Crippen molar-refractivity contribution in [3.63, 3.8) is 0 Å². The van der Waals surface area contributed by atoms with E-state index in [1.807, 2.05) is 15.9 Å². The third-order valence-corrected chi connectivity index (χ3v) is 7.48. The van der Waals surface area contributed by atoms with Crippen molar-refractivity contribution in [3.8, 4) is 0 Å². The first kappa shape index (κ1) is 23.3. The number of nitrogens with zero attached hydrogens (tertiary/aromatic N) is 5. The summed E-state index contributed by atoms with van der Waals surface area (Å²) in [5.74, 6) is 0.707. The molecular weight excluding hydrogens is 436 g/mol. The Morgan fingerprint density at radius 2 is 1.79 bits per heavy atom. The van der Waals surface area contributed by atoms with Gasteiger partial charge in [-0.05, 0) is 51.0 Å². The number of anilines is 1. The van der Waals surface area contributed by atoms with Crippen LogP contribution in [0, 0.1) is 0 Å². The number of carbonyl (C=O) groups excluding carboxylic acids is 2. The van der Waals surface area contributed by atoms with E-state index in [1.165, 1.54) is 0 Å². The Bertz CT molecular complexity index is 824. The van der Waals surface area contributed by atoms with Gasteiger partial charge in [0, 0.05) is 51.7 Å². The average molecular weight is 473 g/mol. The molecule has 4 fully saturated rings. The average Bonchev–Trinajstić information content (AvgIpc) is 3.38. The summed E-state index contributed by atoms with van der Waals surface area (Å²) in [5.41, 5.74) is 0. The fraction of sp³-hybridized carbons (Fsp3) is 0.750. The van der Waals surface area contributed by atoms with Crippen molar-refractivity contribution in [1.29, 1.82) is 0 Å². The maximum Gasteiger partial charge on any atom is 0.320 e. The van der Waals surface area contributed by atoms with Crippen LogP contribution in [0.2, 0.25) is 0 Å². The molecule has 186 valence electrons. The number of hydrogen-bond donors (Lipinski definition) is 1. The molecule has 1 N–H and O–H groups in total. The van der Waals surface area contributed by atoms with Crippen LogP contribution in [0.1, 0.15) is 44.9 Å². The van der Waals surface area contributed by atoms with E-state index in [0.717, 1.165) is 77.1 Å². The molecule has 4 aliphatic heterocycles. The van der Waals surface area contributed by atoms with Crippen LogP contribution in [0.3, 0.4) is 0 Å². The molecule has 0 bridgehead atoms. The summed E-state index contributed by atoms with van der Waals surface area (Å²) in [7, 11) is 0. The van der Waals surface area contributed by atoms with Gasteiger partial charge in [0.15, 0.2) is 0 Å². The minimum atomic E-state index is -0.368. The van der Waals surface area contributed by atoms with Crippen LogP contribution in [-0.2, 0) is 14.3 Å². The van der Waals surface area contributed by atoms with Gasteiger partial charge in [-0.25, -0.2) is 14.8 Å². The Balaban J connectivity index is 1.20. The minimum absolute atomic E-state index is 0.0538. The smallest absolute Gasteiger partial charge is 0.320 e. The lowest BCUT2D eigenvalue weighted by Crippen LogP contribution is -2.63. The van der Waals surface area contributed by atoms with E-state index in [0.29, 0.717) is 19.8 Å². The minimum Gasteiger partial charge on any atom is -0.376 e. The van der Waals surface area contributed by atoms with Gasteiger partial charge in [0.1, 0.15) is 6.10 Å². The van der Waals surface area contributed by atoms with Crippen LogP contribution in [0.4, 0.5) is 10.7 Å². The monoisotopic (exact) mass is 472 g/mol. The lowest BCUT2D eigenvalue weighted by molar-refractivity contribution is -0.132. The molecule has 3 amide bonds. The van der Waals surface area contributed by atoms with Gasteiger partial charge < -0.3 is 29.5 Å². The summed E-state index contributed by atoms with van der Waals surface area (Å²) in [5, 5.41) is 3.21. The second kappa shape index (κ2) is 10.9. The van der Waals surface area contributed by atoms with Crippen LogP contribution < -0.4 is 10.2 Å². The standard InChI is InChI=1S/C24H36N6O4/c31-22(21-6-2-16-33-21)27-19-5-1-13-30(24(32)29-11-4-12-29)20(19)17-34-18-7-14-28(15-8-18)23-25-9-3-10-26-23/h3,9-10,18-21H,1-2,4-8,11-17H2,(H,27,31)/t19-,20-,21?/m1/s1. The summed E-state index contributed by atoms with van der Waals surface area (Å²) < 4.78 is 12.0. The molecular formula is C24H36N6O4. The predicted octanol–water partition coefficient (Wildman–Crippen LogP) is 1.42. The van der Waals surface area contributed by atoms with Crippen LogP contribution in [0.25, 0.3) is 0 Å². The zero-order valence-corrected chi connectivity index (χ0v) is 19.8. The number of likely N-dealkylation sites (tertiary alicyclic amines) is 2. The van der Waals surface area contributed by atoms with Gasteiger partial charge in [0.2, 0.25) is 11.9 Å². The van der Waals surface area contributed by atoms with Gasteiger partial charge in [-0.3, -0.25) is 4.79 Å². The van der Waals surface area contributed by atoms with E-state index in [1.54, 1.807) is 12.4 Å². The summed E-state index contributed by atoms with van der Waals surface area (Å²) in [6.45, 7) is 5.10. The van der Waals surface area contributed by atoms with E-state index >= 15 is 0 Å². The molecule has 5 rings (SSSR count). The molecule has 4 aliphatic rings. The Kier molecular flexibility index (Phi) is 7.44. The fourth-order valence-corrected chi connectivity index (χ4v) is 5.33. The maximum absolute atomic E-state index is 13.2. The quantitative estimate of drug-likeness (QED) is 0.668. The van der Waals surface area contributed by atoms with Crippen molar-refractivity contribution < 1.29 is 19.1 Å². The lowest BCUT2D eigenvalue weighted by atomic mass is 9.95. The van der Waals surface area contributed by atoms with Crippen molar-refractivity contribution in [1.82, 2.24) is 25.1 Å². The highest BCUT2D eigenvalue weighted by Gasteiger charge is 2.40. The summed E-state index contributed by atoms with van der Waals surface area (Å²) in [6.07, 6.45) is 9.53. The Morgan fingerprint density at radius 1 is 1.00 bits per heavy atom. The number of hydrogen-bond acceptors (Lipinski definition) is 7. The van der Waals surface area contributed by atoms with Crippen LogP contribution in [0.5, 0.6) is 0 Å². The fourth-order valence-electron chi connectivity index (χ4n) is 5.33. The SMILES string of the molecule is O=C(N[C@@H]1CCCN(C(=O)N2CCC2)[C@@H]1COC1CCN(c2ncccn2)CC1)C1CCCO1. The Hall–Kier alpha value is -2.46. The van der Waals surface area contributed by atoms with E-state index < -0.39 is 0 Å². The van der Waals surface area contributed by atoms with Crippen molar-refractivity contribution in [3.05, 3.63) is 18.5 Å². The van der Waals surface area contributed by atoms with Crippen molar-refractivity contribution in [2.75, 3.05) is 50.8 Å². The maximum atomic E-state index is 13.2. The first-order valence-electron chi connectivity index (χ1n) is 12.8. The third-order valence-electron chi connectivity index (χ3n) is 7.48. The van der Waals surface area contributed by atoms with Crippen LogP contribution in [-0.4, -0.2) is 102 Å². The summed E-state index contributed by atoms with van der Waals surface area (Å²) in [4.78, 5) is 40.7.